The van der Waals surface area contributed by atoms with Gasteiger partial charge in [0.05, 0.1) is 18.2 Å². The monoisotopic (exact) mass is 747 g/mol. The van der Waals surface area contributed by atoms with Gasteiger partial charge in [-0.05, 0) is 118 Å². The van der Waals surface area contributed by atoms with Gasteiger partial charge in [-0.1, -0.05) is 0 Å². The lowest BCUT2D eigenvalue weighted by molar-refractivity contribution is -0.163. The second-order valence-electron chi connectivity index (χ2n) is 16.5. The number of amides is 1. The lowest BCUT2D eigenvalue weighted by atomic mass is 9.48. The molecule has 3 heterocycles. The van der Waals surface area contributed by atoms with Crippen LogP contribution in [0.15, 0.2) is 24.4 Å². The van der Waals surface area contributed by atoms with Gasteiger partial charge in [0.1, 0.15) is 17.0 Å². The standard InChI is InChI=1S/C38H46F5N5O5/c1-35(39,40)31-28(32(49)47-38(33(50)51)23-13-21-12-22(15-23)16-24(38)14-21)18-44-34(46-31)48-20-36(8-10-52-11-9-36)29-17-27(6-7-30(29)48)53-26-4-2-25(3-5-26)45-19-37(41,42)43/h6-7,17-18,21-26,45H,2-5,8-16,19-20H2,1H3,(H,47,49)(H,50,51)/t21?,22?,23?,24?,25-,26-,38?. The van der Waals surface area contributed by atoms with Crippen LogP contribution in [-0.4, -0.2) is 77.1 Å². The van der Waals surface area contributed by atoms with Crippen molar-refractivity contribution in [1.29, 1.82) is 0 Å². The molecule has 0 radical (unpaired) electrons. The van der Waals surface area contributed by atoms with Crippen LogP contribution in [0.4, 0.5) is 33.6 Å². The number of carbonyl (C=O) groups is 2. The quantitative estimate of drug-likeness (QED) is 0.242. The number of alkyl halides is 5. The van der Waals surface area contributed by atoms with Gasteiger partial charge in [0.2, 0.25) is 5.95 Å². The second kappa shape index (κ2) is 13.3. The highest BCUT2D eigenvalue weighted by Gasteiger charge is 2.62. The Bertz CT molecular complexity index is 1710. The third-order valence-corrected chi connectivity index (χ3v) is 13.1. The van der Waals surface area contributed by atoms with E-state index in [1.165, 1.54) is 0 Å². The summed E-state index contributed by atoms with van der Waals surface area (Å²) in [5, 5.41) is 15.9. The van der Waals surface area contributed by atoms with Gasteiger partial charge in [-0.15, -0.1) is 0 Å². The topological polar surface area (TPSA) is 126 Å². The Morgan fingerprint density at radius 3 is 2.26 bits per heavy atom. The first kappa shape index (κ1) is 36.4. The summed E-state index contributed by atoms with van der Waals surface area (Å²) in [6, 6.07) is 5.39. The molecule has 2 aromatic rings. The summed E-state index contributed by atoms with van der Waals surface area (Å²) >= 11 is 0. The first-order valence-electron chi connectivity index (χ1n) is 18.9. The van der Waals surface area contributed by atoms with Gasteiger partial charge in [0.25, 0.3) is 11.8 Å². The van der Waals surface area contributed by atoms with Crippen molar-refractivity contribution in [1.82, 2.24) is 20.6 Å². The molecule has 1 aromatic heterocycles. The number of rotatable bonds is 9. The third kappa shape index (κ3) is 6.74. The summed E-state index contributed by atoms with van der Waals surface area (Å²) in [5.74, 6) is -4.59. The van der Waals surface area contributed by atoms with E-state index in [-0.39, 0.29) is 29.9 Å². The molecule has 0 unspecified atom stereocenters. The van der Waals surface area contributed by atoms with E-state index in [4.69, 9.17) is 9.47 Å². The molecule has 2 aliphatic heterocycles. The maximum absolute atomic E-state index is 15.4. The lowest BCUT2D eigenvalue weighted by Crippen LogP contribution is -2.70. The molecule has 10 nitrogen and oxygen atoms in total. The number of aromatic nitrogens is 2. The van der Waals surface area contributed by atoms with Gasteiger partial charge in [-0.2, -0.15) is 22.0 Å². The zero-order valence-corrected chi connectivity index (χ0v) is 29.7. The maximum atomic E-state index is 15.4. The normalized spacial score (nSPS) is 31.8. The molecule has 288 valence electrons. The van der Waals surface area contributed by atoms with Gasteiger partial charge in [-0.3, -0.25) is 4.79 Å². The SMILES string of the molecule is CC(F)(F)c1nc(N2CC3(CCOCC3)c3cc(O[C@H]4CC[C@H](NCC(F)(F)F)CC4)ccc32)ncc1C(=O)NC1(C(=O)O)C2CC3CC(C2)CC1C3. The van der Waals surface area contributed by atoms with E-state index in [0.717, 1.165) is 23.9 Å². The first-order chi connectivity index (χ1) is 25.1. The summed E-state index contributed by atoms with van der Waals surface area (Å²) in [5.41, 5.74) is -1.47. The number of carboxylic acid groups (broad SMARTS) is 1. The Labute approximate surface area is 304 Å². The molecule has 1 saturated heterocycles. The summed E-state index contributed by atoms with van der Waals surface area (Å²) in [6.45, 7) is 1.05. The van der Waals surface area contributed by atoms with Crippen molar-refractivity contribution in [3.05, 3.63) is 41.2 Å². The third-order valence-electron chi connectivity index (χ3n) is 13.1. The molecule has 1 aromatic carbocycles. The van der Waals surface area contributed by atoms with Crippen LogP contribution in [0.5, 0.6) is 5.75 Å². The number of fused-ring (bicyclic) bond motifs is 2. The first-order valence-corrected chi connectivity index (χ1v) is 18.9. The fraction of sp³-hybridized carbons (Fsp3) is 0.684. The van der Waals surface area contributed by atoms with E-state index in [0.29, 0.717) is 108 Å². The van der Waals surface area contributed by atoms with Crippen LogP contribution in [0.3, 0.4) is 0 Å². The van der Waals surface area contributed by atoms with Gasteiger partial charge < -0.3 is 30.1 Å². The Morgan fingerprint density at radius 1 is 1.00 bits per heavy atom. The number of carboxylic acids is 1. The largest absolute Gasteiger partial charge is 0.490 e. The van der Waals surface area contributed by atoms with E-state index in [1.54, 1.807) is 11.0 Å². The minimum atomic E-state index is -4.26. The molecule has 1 amide bonds. The van der Waals surface area contributed by atoms with Crippen molar-refractivity contribution >= 4 is 23.5 Å². The molecule has 1 spiro atoms. The Hall–Kier alpha value is -3.59. The highest BCUT2D eigenvalue weighted by molar-refractivity contribution is 5.99. The van der Waals surface area contributed by atoms with Crippen molar-refractivity contribution in [2.75, 3.05) is 31.2 Å². The average molecular weight is 748 g/mol. The zero-order valence-electron chi connectivity index (χ0n) is 29.7. The van der Waals surface area contributed by atoms with Gasteiger partial charge in [-0.25, -0.2) is 14.8 Å². The van der Waals surface area contributed by atoms with Gasteiger partial charge in [0, 0.05) is 50.0 Å². The van der Waals surface area contributed by atoms with Crippen molar-refractivity contribution in [2.45, 2.75) is 113 Å². The summed E-state index contributed by atoms with van der Waals surface area (Å²) in [7, 11) is 0. The lowest BCUT2D eigenvalue weighted by Gasteiger charge is -2.59. The fourth-order valence-corrected chi connectivity index (χ4v) is 10.7. The predicted octanol–water partition coefficient (Wildman–Crippen LogP) is 6.64. The zero-order chi connectivity index (χ0) is 37.3. The number of benzene rings is 1. The van der Waals surface area contributed by atoms with Crippen LogP contribution in [0, 0.1) is 23.7 Å². The molecule has 4 bridgehead atoms. The summed E-state index contributed by atoms with van der Waals surface area (Å²) in [4.78, 5) is 37.4. The Kier molecular flexibility index (Phi) is 9.14. The van der Waals surface area contributed by atoms with E-state index in [2.05, 4.69) is 20.6 Å². The smallest absolute Gasteiger partial charge is 0.401 e. The van der Waals surface area contributed by atoms with Gasteiger partial charge >= 0.3 is 12.1 Å². The van der Waals surface area contributed by atoms with E-state index in [9.17, 15) is 27.9 Å². The molecule has 53 heavy (non-hydrogen) atoms. The van der Waals surface area contributed by atoms with E-state index < -0.39 is 52.7 Å². The van der Waals surface area contributed by atoms with E-state index in [1.807, 2.05) is 12.1 Å². The molecule has 15 heteroatoms. The van der Waals surface area contributed by atoms with Crippen LogP contribution in [-0.2, 0) is 20.9 Å². The van der Waals surface area contributed by atoms with E-state index >= 15 is 8.78 Å². The maximum Gasteiger partial charge on any atom is 0.401 e. The highest BCUT2D eigenvalue weighted by Crippen LogP contribution is 2.58. The number of ether oxygens (including phenoxy) is 2. The minimum absolute atomic E-state index is 0.00334. The number of hydrogen-bond acceptors (Lipinski definition) is 8. The van der Waals surface area contributed by atoms with Crippen molar-refractivity contribution in [2.24, 2.45) is 23.7 Å². The van der Waals surface area contributed by atoms with Crippen LogP contribution in [0.1, 0.15) is 99.2 Å². The van der Waals surface area contributed by atoms with Crippen LogP contribution in [0.25, 0.3) is 0 Å². The second-order valence-corrected chi connectivity index (χ2v) is 16.5. The molecule has 7 aliphatic rings. The van der Waals surface area contributed by atoms with Crippen LogP contribution in [0.2, 0.25) is 0 Å². The molecule has 9 rings (SSSR count). The van der Waals surface area contributed by atoms with Crippen LogP contribution >= 0.6 is 0 Å². The number of carbonyl (C=O) groups excluding carboxylic acids is 1. The van der Waals surface area contributed by atoms with Crippen LogP contribution < -0.4 is 20.3 Å². The summed E-state index contributed by atoms with van der Waals surface area (Å²) in [6.07, 6.45) is 4.22. The number of nitrogens with zero attached hydrogens (tertiary/aromatic N) is 3. The molecular weight excluding hydrogens is 701 g/mol. The Morgan fingerprint density at radius 2 is 1.66 bits per heavy atom. The molecule has 5 aliphatic carbocycles. The number of aliphatic carboxylic acids is 1. The number of nitrogens with one attached hydrogen (secondary N) is 2. The molecular formula is C38H46F5N5O5. The number of halogens is 5. The highest BCUT2D eigenvalue weighted by atomic mass is 19.4. The van der Waals surface area contributed by atoms with Gasteiger partial charge in [0.15, 0.2) is 0 Å². The Balaban J connectivity index is 1.05. The number of hydrogen-bond donors (Lipinski definition) is 3. The number of anilines is 2. The molecule has 0 atom stereocenters. The minimum Gasteiger partial charge on any atom is -0.490 e. The molecule has 6 fully saturated rings. The van der Waals surface area contributed by atoms with Crippen molar-refractivity contribution in [3.63, 3.8) is 0 Å². The van der Waals surface area contributed by atoms with Crippen molar-refractivity contribution < 1.29 is 46.1 Å². The molecule has 3 N–H and O–H groups in total. The predicted molar refractivity (Wildman–Crippen MR) is 182 cm³/mol. The summed E-state index contributed by atoms with van der Waals surface area (Å²) < 4.78 is 80.9. The van der Waals surface area contributed by atoms with Crippen molar-refractivity contribution in [3.8, 4) is 5.75 Å². The molecule has 5 saturated carbocycles. The fourth-order valence-electron chi connectivity index (χ4n) is 10.7. The average Bonchev–Trinajstić information content (AvgIpc) is 3.40.